The molecule has 1 heterocycles. The molecule has 0 radical (unpaired) electrons. The predicted octanol–water partition coefficient (Wildman–Crippen LogP) is 5.43. The minimum atomic E-state index is 0.457. The molecule has 0 atom stereocenters. The van der Waals surface area contributed by atoms with Gasteiger partial charge in [0, 0.05) is 21.7 Å². The molecule has 0 spiro atoms. The van der Waals surface area contributed by atoms with E-state index in [0.717, 1.165) is 22.4 Å². The molecule has 0 aliphatic heterocycles. The molecule has 0 unspecified atom stereocenters. The van der Waals surface area contributed by atoms with Crippen molar-refractivity contribution in [2.45, 2.75) is 6.92 Å². The summed E-state index contributed by atoms with van der Waals surface area (Å²) in [6.07, 6.45) is 0. The van der Waals surface area contributed by atoms with Crippen LogP contribution in [0.5, 0.6) is 0 Å². The van der Waals surface area contributed by atoms with Crippen molar-refractivity contribution >= 4 is 23.2 Å². The fraction of sp³-hybridized carbons (Fsp3) is 0.0588. The van der Waals surface area contributed by atoms with Crippen LogP contribution in [-0.2, 0) is 0 Å². The third-order valence-corrected chi connectivity index (χ3v) is 3.82. The van der Waals surface area contributed by atoms with E-state index >= 15 is 0 Å². The lowest BCUT2D eigenvalue weighted by atomic mass is 10.1. The summed E-state index contributed by atoms with van der Waals surface area (Å²) in [4.78, 5) is 9.03. The van der Waals surface area contributed by atoms with Crippen LogP contribution in [0.25, 0.3) is 22.6 Å². The Balaban J connectivity index is 2.19. The molecule has 0 fully saturated rings. The lowest BCUT2D eigenvalue weighted by molar-refractivity contribution is 1.14. The summed E-state index contributed by atoms with van der Waals surface area (Å²) in [6.45, 7) is 1.91. The number of hydrogen-bond donors (Lipinski definition) is 0. The Kier molecular flexibility index (Phi) is 3.91. The summed E-state index contributed by atoms with van der Waals surface area (Å²) in [5.41, 5.74) is 3.51. The summed E-state index contributed by atoms with van der Waals surface area (Å²) in [5, 5.41) is 1.13. The van der Waals surface area contributed by atoms with Crippen molar-refractivity contribution in [1.82, 2.24) is 9.97 Å². The van der Waals surface area contributed by atoms with Gasteiger partial charge in [-0.15, -0.1) is 0 Å². The number of aromatic nitrogens is 2. The molecule has 104 valence electrons. The Morgan fingerprint density at radius 1 is 0.810 bits per heavy atom. The van der Waals surface area contributed by atoms with Crippen LogP contribution in [0.1, 0.15) is 5.56 Å². The number of nitrogens with zero attached hydrogens (tertiary/aromatic N) is 2. The van der Waals surface area contributed by atoms with E-state index < -0.39 is 0 Å². The Bertz CT molecular complexity index is 786. The van der Waals surface area contributed by atoms with Crippen molar-refractivity contribution in [3.8, 4) is 22.6 Å². The average Bonchev–Trinajstić information content (AvgIpc) is 2.51. The van der Waals surface area contributed by atoms with Crippen LogP contribution in [0, 0.1) is 6.92 Å². The highest BCUT2D eigenvalue weighted by Gasteiger charge is 2.12. The van der Waals surface area contributed by atoms with Crippen molar-refractivity contribution in [1.29, 1.82) is 0 Å². The van der Waals surface area contributed by atoms with Gasteiger partial charge >= 0.3 is 0 Å². The zero-order valence-corrected chi connectivity index (χ0v) is 12.9. The van der Waals surface area contributed by atoms with Gasteiger partial charge in [0.25, 0.3) is 0 Å². The van der Waals surface area contributed by atoms with Crippen molar-refractivity contribution in [3.05, 3.63) is 70.3 Å². The monoisotopic (exact) mass is 314 g/mol. The lowest BCUT2D eigenvalue weighted by Gasteiger charge is -2.10. The van der Waals surface area contributed by atoms with E-state index in [1.54, 1.807) is 0 Å². The number of benzene rings is 2. The minimum absolute atomic E-state index is 0.457. The highest BCUT2D eigenvalue weighted by molar-refractivity contribution is 6.31. The van der Waals surface area contributed by atoms with Gasteiger partial charge in [-0.2, -0.15) is 0 Å². The van der Waals surface area contributed by atoms with Crippen molar-refractivity contribution in [3.63, 3.8) is 0 Å². The van der Waals surface area contributed by atoms with Crippen LogP contribution in [0.2, 0.25) is 10.2 Å². The van der Waals surface area contributed by atoms with E-state index in [1.165, 1.54) is 0 Å². The summed E-state index contributed by atoms with van der Waals surface area (Å²) in [7, 11) is 0. The van der Waals surface area contributed by atoms with E-state index in [-0.39, 0.29) is 0 Å². The molecule has 21 heavy (non-hydrogen) atoms. The van der Waals surface area contributed by atoms with Crippen LogP contribution in [0.15, 0.2) is 54.6 Å². The zero-order valence-electron chi connectivity index (χ0n) is 11.3. The van der Waals surface area contributed by atoms with E-state index in [2.05, 4.69) is 9.97 Å². The van der Waals surface area contributed by atoms with Gasteiger partial charge in [0.1, 0.15) is 5.15 Å². The highest BCUT2D eigenvalue weighted by atomic mass is 35.5. The van der Waals surface area contributed by atoms with Crippen LogP contribution >= 0.6 is 23.2 Å². The van der Waals surface area contributed by atoms with Gasteiger partial charge in [-0.25, -0.2) is 9.97 Å². The van der Waals surface area contributed by atoms with Gasteiger partial charge in [0.05, 0.1) is 5.69 Å². The standard InChI is InChI=1S/C17H12Cl2N2/c1-11-15(13-8-5-9-14(18)10-13)20-17(21-16(11)19)12-6-3-2-4-7-12/h2-10H,1H3. The van der Waals surface area contributed by atoms with Crippen molar-refractivity contribution in [2.24, 2.45) is 0 Å². The summed E-state index contributed by atoms with van der Waals surface area (Å²) in [6, 6.07) is 17.4. The van der Waals surface area contributed by atoms with Gasteiger partial charge in [-0.3, -0.25) is 0 Å². The van der Waals surface area contributed by atoms with Crippen LogP contribution < -0.4 is 0 Å². The Morgan fingerprint density at radius 2 is 1.52 bits per heavy atom. The minimum Gasteiger partial charge on any atom is -0.228 e. The third-order valence-electron chi connectivity index (χ3n) is 3.22. The third kappa shape index (κ3) is 2.92. The maximum atomic E-state index is 6.27. The van der Waals surface area contributed by atoms with E-state index in [1.807, 2.05) is 61.5 Å². The van der Waals surface area contributed by atoms with Crippen LogP contribution in [-0.4, -0.2) is 9.97 Å². The molecule has 2 nitrogen and oxygen atoms in total. The van der Waals surface area contributed by atoms with Gasteiger partial charge in [-0.05, 0) is 19.1 Å². The summed E-state index contributed by atoms with van der Waals surface area (Å²) < 4.78 is 0. The van der Waals surface area contributed by atoms with Crippen LogP contribution in [0.4, 0.5) is 0 Å². The maximum Gasteiger partial charge on any atom is 0.161 e. The molecule has 3 rings (SSSR count). The second-order valence-electron chi connectivity index (χ2n) is 4.69. The maximum absolute atomic E-state index is 6.27. The largest absolute Gasteiger partial charge is 0.228 e. The molecule has 3 aromatic rings. The normalized spacial score (nSPS) is 10.6. The first kappa shape index (κ1) is 14.1. The fourth-order valence-electron chi connectivity index (χ4n) is 2.12. The quantitative estimate of drug-likeness (QED) is 0.590. The topological polar surface area (TPSA) is 25.8 Å². The molecule has 0 bridgehead atoms. The van der Waals surface area contributed by atoms with Crippen LogP contribution in [0.3, 0.4) is 0 Å². The first-order chi connectivity index (χ1) is 10.1. The fourth-order valence-corrected chi connectivity index (χ4v) is 2.48. The van der Waals surface area contributed by atoms with Gasteiger partial charge in [0.2, 0.25) is 0 Å². The zero-order chi connectivity index (χ0) is 14.8. The van der Waals surface area contributed by atoms with E-state index in [9.17, 15) is 0 Å². The first-order valence-corrected chi connectivity index (χ1v) is 7.26. The molecular formula is C17H12Cl2N2. The molecule has 0 N–H and O–H groups in total. The SMILES string of the molecule is Cc1c(Cl)nc(-c2ccccc2)nc1-c1cccc(Cl)c1. The molecule has 4 heteroatoms. The lowest BCUT2D eigenvalue weighted by Crippen LogP contribution is -1.97. The number of rotatable bonds is 2. The molecule has 2 aromatic carbocycles. The molecular weight excluding hydrogens is 303 g/mol. The highest BCUT2D eigenvalue weighted by Crippen LogP contribution is 2.29. The molecule has 0 saturated carbocycles. The van der Waals surface area contributed by atoms with Crippen molar-refractivity contribution in [2.75, 3.05) is 0 Å². The first-order valence-electron chi connectivity index (χ1n) is 6.50. The Labute approximate surface area is 133 Å². The second-order valence-corrected chi connectivity index (χ2v) is 5.48. The molecule has 0 saturated heterocycles. The molecule has 0 aliphatic rings. The van der Waals surface area contributed by atoms with Crippen molar-refractivity contribution < 1.29 is 0 Å². The van der Waals surface area contributed by atoms with Gasteiger partial charge in [-0.1, -0.05) is 65.7 Å². The number of halogens is 2. The number of hydrogen-bond acceptors (Lipinski definition) is 2. The average molecular weight is 315 g/mol. The van der Waals surface area contributed by atoms with E-state index in [4.69, 9.17) is 23.2 Å². The smallest absolute Gasteiger partial charge is 0.161 e. The van der Waals surface area contributed by atoms with E-state index in [0.29, 0.717) is 16.0 Å². The second kappa shape index (κ2) is 5.84. The van der Waals surface area contributed by atoms with Gasteiger partial charge < -0.3 is 0 Å². The summed E-state index contributed by atoms with van der Waals surface area (Å²) in [5.74, 6) is 0.612. The molecule has 0 aliphatic carbocycles. The molecule has 0 amide bonds. The molecule has 1 aromatic heterocycles. The summed E-state index contributed by atoms with van der Waals surface area (Å²) >= 11 is 12.3. The Morgan fingerprint density at radius 3 is 2.24 bits per heavy atom. The predicted molar refractivity (Wildman–Crippen MR) is 87.7 cm³/mol. The Hall–Kier alpha value is -1.90. The van der Waals surface area contributed by atoms with Gasteiger partial charge in [0.15, 0.2) is 5.82 Å².